The molecule has 2 aromatic rings. The molecule has 2 aromatic carbocycles. The summed E-state index contributed by atoms with van der Waals surface area (Å²) >= 11 is 5.79. The van der Waals surface area contributed by atoms with Crippen molar-refractivity contribution >= 4 is 34.9 Å². The molecule has 1 heterocycles. The van der Waals surface area contributed by atoms with Crippen LogP contribution in [0, 0.1) is 10.1 Å². The van der Waals surface area contributed by atoms with Gasteiger partial charge in [-0.25, -0.2) is 4.79 Å². The largest absolute Gasteiger partial charge is 0.452 e. The summed E-state index contributed by atoms with van der Waals surface area (Å²) in [4.78, 5) is 49.5. The van der Waals surface area contributed by atoms with Crippen LogP contribution >= 0.6 is 11.6 Å². The average Bonchev–Trinajstić information content (AvgIpc) is 2.77. The first-order valence-electron chi connectivity index (χ1n) is 8.99. The van der Waals surface area contributed by atoms with Crippen LogP contribution in [0.4, 0.5) is 5.69 Å². The van der Waals surface area contributed by atoms with Crippen LogP contribution in [0.2, 0.25) is 5.02 Å². The summed E-state index contributed by atoms with van der Waals surface area (Å²) in [6.45, 7) is 1.21. The zero-order valence-electron chi connectivity index (χ0n) is 15.7. The van der Waals surface area contributed by atoms with Crippen molar-refractivity contribution in [3.63, 3.8) is 0 Å². The quantitative estimate of drug-likeness (QED) is 0.298. The van der Waals surface area contributed by atoms with E-state index in [-0.39, 0.29) is 27.6 Å². The number of amides is 1. The Morgan fingerprint density at radius 1 is 1.10 bits per heavy atom. The predicted octanol–water partition coefficient (Wildman–Crippen LogP) is 2.49. The van der Waals surface area contributed by atoms with Gasteiger partial charge in [-0.3, -0.25) is 19.7 Å². The maximum absolute atomic E-state index is 12.9. The first-order chi connectivity index (χ1) is 14.4. The zero-order valence-corrected chi connectivity index (χ0v) is 16.5. The topological polar surface area (TPSA) is 116 Å². The lowest BCUT2D eigenvalue weighted by molar-refractivity contribution is -0.384. The Bertz CT molecular complexity index is 1000. The van der Waals surface area contributed by atoms with E-state index >= 15 is 0 Å². The fraction of sp³-hybridized carbons (Fsp3) is 0.250. The van der Waals surface area contributed by atoms with Gasteiger partial charge in [-0.1, -0.05) is 29.8 Å². The highest BCUT2D eigenvalue weighted by Crippen LogP contribution is 2.27. The van der Waals surface area contributed by atoms with Crippen LogP contribution in [-0.2, 0) is 14.3 Å². The summed E-state index contributed by atoms with van der Waals surface area (Å²) in [6.07, 6.45) is 0. The van der Waals surface area contributed by atoms with E-state index in [1.807, 2.05) is 0 Å². The summed E-state index contributed by atoms with van der Waals surface area (Å²) in [5.41, 5.74) is -0.470. The van der Waals surface area contributed by atoms with Crippen LogP contribution in [0.5, 0.6) is 0 Å². The molecule has 10 heteroatoms. The van der Waals surface area contributed by atoms with Crippen molar-refractivity contribution in [3.05, 3.63) is 74.3 Å². The molecule has 0 N–H and O–H groups in total. The van der Waals surface area contributed by atoms with Gasteiger partial charge in [-0.2, -0.15) is 0 Å². The number of morpholine rings is 1. The first-order valence-corrected chi connectivity index (χ1v) is 9.36. The molecule has 0 atom stereocenters. The Hall–Kier alpha value is -3.30. The van der Waals surface area contributed by atoms with Gasteiger partial charge in [0.25, 0.3) is 11.6 Å². The summed E-state index contributed by atoms with van der Waals surface area (Å²) in [5, 5.41) is 11.0. The molecule has 0 bridgehead atoms. The van der Waals surface area contributed by atoms with Crippen LogP contribution in [0.25, 0.3) is 0 Å². The van der Waals surface area contributed by atoms with E-state index < -0.39 is 29.0 Å². The van der Waals surface area contributed by atoms with Crippen molar-refractivity contribution in [2.24, 2.45) is 0 Å². The van der Waals surface area contributed by atoms with Crippen molar-refractivity contribution in [2.45, 2.75) is 0 Å². The molecule has 1 fully saturated rings. The molecule has 0 saturated carbocycles. The number of halogens is 1. The lowest BCUT2D eigenvalue weighted by Crippen LogP contribution is -2.42. The summed E-state index contributed by atoms with van der Waals surface area (Å²) < 4.78 is 10.3. The molecule has 0 spiro atoms. The molecule has 1 amide bonds. The van der Waals surface area contributed by atoms with Crippen molar-refractivity contribution < 1.29 is 28.8 Å². The first kappa shape index (κ1) is 21.4. The van der Waals surface area contributed by atoms with E-state index in [0.717, 1.165) is 6.07 Å². The van der Waals surface area contributed by atoms with Crippen LogP contribution in [0.3, 0.4) is 0 Å². The number of esters is 1. The van der Waals surface area contributed by atoms with Crippen molar-refractivity contribution in [2.75, 3.05) is 32.9 Å². The summed E-state index contributed by atoms with van der Waals surface area (Å²) in [5.74, 6) is -1.81. The molecule has 30 heavy (non-hydrogen) atoms. The smallest absolute Gasteiger partial charge is 0.339 e. The minimum Gasteiger partial charge on any atom is -0.452 e. The molecule has 1 aliphatic heterocycles. The standard InChI is InChI=1S/C20H17ClN2O7/c21-16-6-5-13(11-17(16)23(27)28)19(25)14-3-1-2-4-15(14)20(26)30-12-18(24)22-7-9-29-10-8-22/h1-6,11H,7-10,12H2. The number of nitro groups is 1. The third-order valence-corrected chi connectivity index (χ3v) is 4.81. The number of ether oxygens (including phenoxy) is 2. The Balaban J connectivity index is 1.77. The fourth-order valence-electron chi connectivity index (χ4n) is 2.92. The van der Waals surface area contributed by atoms with Gasteiger partial charge in [0.2, 0.25) is 0 Å². The number of hydrogen-bond acceptors (Lipinski definition) is 7. The monoisotopic (exact) mass is 432 g/mol. The number of benzene rings is 2. The normalized spacial score (nSPS) is 13.6. The minimum atomic E-state index is -0.843. The van der Waals surface area contributed by atoms with Gasteiger partial charge in [-0.15, -0.1) is 0 Å². The lowest BCUT2D eigenvalue weighted by Gasteiger charge is -2.26. The number of nitro benzene ring substituents is 1. The van der Waals surface area contributed by atoms with Gasteiger partial charge in [0.05, 0.1) is 23.7 Å². The van der Waals surface area contributed by atoms with Gasteiger partial charge < -0.3 is 14.4 Å². The van der Waals surface area contributed by atoms with Crippen molar-refractivity contribution in [3.8, 4) is 0 Å². The maximum Gasteiger partial charge on any atom is 0.339 e. The Morgan fingerprint density at radius 3 is 2.43 bits per heavy atom. The number of ketones is 1. The van der Waals surface area contributed by atoms with E-state index in [2.05, 4.69) is 0 Å². The molecule has 1 aliphatic rings. The second kappa shape index (κ2) is 9.47. The van der Waals surface area contributed by atoms with Gasteiger partial charge in [0.15, 0.2) is 12.4 Å². The van der Waals surface area contributed by atoms with Gasteiger partial charge >= 0.3 is 5.97 Å². The number of rotatable bonds is 6. The van der Waals surface area contributed by atoms with Gasteiger partial charge in [-0.05, 0) is 18.2 Å². The SMILES string of the molecule is O=C(OCC(=O)N1CCOCC1)c1ccccc1C(=O)c1ccc(Cl)c([N+](=O)[O-])c1. The second-order valence-electron chi connectivity index (χ2n) is 6.37. The number of nitrogens with zero attached hydrogens (tertiary/aromatic N) is 2. The predicted molar refractivity (Wildman–Crippen MR) is 106 cm³/mol. The molecule has 0 aromatic heterocycles. The summed E-state index contributed by atoms with van der Waals surface area (Å²) in [6, 6.07) is 9.52. The lowest BCUT2D eigenvalue weighted by atomic mass is 9.98. The van der Waals surface area contributed by atoms with Crippen molar-refractivity contribution in [1.82, 2.24) is 4.90 Å². The average molecular weight is 433 g/mol. The number of carbonyl (C=O) groups excluding carboxylic acids is 3. The Morgan fingerprint density at radius 2 is 1.77 bits per heavy atom. The molecule has 0 aliphatic carbocycles. The van der Waals surface area contributed by atoms with Crippen LogP contribution in [-0.4, -0.2) is 60.4 Å². The van der Waals surface area contributed by atoms with Crippen LogP contribution in [0.15, 0.2) is 42.5 Å². The second-order valence-corrected chi connectivity index (χ2v) is 6.77. The zero-order chi connectivity index (χ0) is 21.7. The third kappa shape index (κ3) is 4.81. The Labute approximate surface area is 176 Å². The maximum atomic E-state index is 12.9. The molecule has 9 nitrogen and oxygen atoms in total. The van der Waals surface area contributed by atoms with Crippen molar-refractivity contribution in [1.29, 1.82) is 0 Å². The van der Waals surface area contributed by atoms with Gasteiger partial charge in [0.1, 0.15) is 5.02 Å². The number of hydrogen-bond donors (Lipinski definition) is 0. The molecule has 156 valence electrons. The highest BCUT2D eigenvalue weighted by atomic mass is 35.5. The van der Waals surface area contributed by atoms with E-state index in [9.17, 15) is 24.5 Å². The Kier molecular flexibility index (Phi) is 6.76. The number of carbonyl (C=O) groups is 3. The summed E-state index contributed by atoms with van der Waals surface area (Å²) in [7, 11) is 0. The molecule has 3 rings (SSSR count). The van der Waals surface area contributed by atoms with Crippen LogP contribution in [0.1, 0.15) is 26.3 Å². The third-order valence-electron chi connectivity index (χ3n) is 4.49. The van der Waals surface area contributed by atoms with Gasteiger partial charge in [0, 0.05) is 30.3 Å². The van der Waals surface area contributed by atoms with Crippen LogP contribution < -0.4 is 0 Å². The highest BCUT2D eigenvalue weighted by Gasteiger charge is 2.24. The minimum absolute atomic E-state index is 0.00191. The highest BCUT2D eigenvalue weighted by molar-refractivity contribution is 6.33. The van der Waals surface area contributed by atoms with E-state index in [1.165, 1.54) is 29.2 Å². The van der Waals surface area contributed by atoms with E-state index in [0.29, 0.717) is 26.3 Å². The molecule has 1 saturated heterocycles. The molecule has 0 unspecified atom stereocenters. The molecule has 0 radical (unpaired) electrons. The van der Waals surface area contributed by atoms with E-state index in [1.54, 1.807) is 12.1 Å². The fourth-order valence-corrected chi connectivity index (χ4v) is 3.10. The molecular weight excluding hydrogens is 416 g/mol. The van der Waals surface area contributed by atoms with E-state index in [4.69, 9.17) is 21.1 Å². The molecular formula is C20H17ClN2O7.